The van der Waals surface area contributed by atoms with Gasteiger partial charge in [-0.1, -0.05) is 36.4 Å². The fourth-order valence-corrected chi connectivity index (χ4v) is 2.50. The third-order valence-corrected chi connectivity index (χ3v) is 3.96. The third kappa shape index (κ3) is 4.10. The molecule has 0 bridgehead atoms. The van der Waals surface area contributed by atoms with E-state index >= 15 is 0 Å². The van der Waals surface area contributed by atoms with Gasteiger partial charge in [-0.25, -0.2) is 8.42 Å². The maximum absolute atomic E-state index is 11.5. The summed E-state index contributed by atoms with van der Waals surface area (Å²) in [6.07, 6.45) is 2.13. The van der Waals surface area contributed by atoms with Crippen LogP contribution < -0.4 is 5.32 Å². The van der Waals surface area contributed by atoms with Crippen molar-refractivity contribution in [1.82, 2.24) is 0 Å². The highest BCUT2D eigenvalue weighted by Crippen LogP contribution is 2.15. The van der Waals surface area contributed by atoms with Crippen molar-refractivity contribution in [3.63, 3.8) is 0 Å². The van der Waals surface area contributed by atoms with E-state index in [-0.39, 0.29) is 0 Å². The first-order valence-electron chi connectivity index (χ1n) is 6.13. The summed E-state index contributed by atoms with van der Waals surface area (Å²) in [5.74, 6) is 0. The summed E-state index contributed by atoms with van der Waals surface area (Å²) in [6, 6.07) is 17.1. The molecular weight excluding hydrogens is 258 g/mol. The van der Waals surface area contributed by atoms with Crippen LogP contribution in [0.4, 0.5) is 5.69 Å². The predicted octanol–water partition coefficient (Wildman–Crippen LogP) is 2.74. The zero-order valence-electron chi connectivity index (χ0n) is 10.8. The minimum absolute atomic E-state index is 0.345. The van der Waals surface area contributed by atoms with E-state index in [4.69, 9.17) is 0 Å². The second-order valence-corrected chi connectivity index (χ2v) is 6.48. The Morgan fingerprint density at radius 2 is 1.74 bits per heavy atom. The molecule has 0 aliphatic carbocycles. The summed E-state index contributed by atoms with van der Waals surface area (Å²) in [4.78, 5) is 0.345. The first-order valence-corrected chi connectivity index (χ1v) is 8.03. The van der Waals surface area contributed by atoms with Crippen LogP contribution in [0.2, 0.25) is 0 Å². The van der Waals surface area contributed by atoms with E-state index < -0.39 is 9.84 Å². The molecule has 2 aromatic carbocycles. The molecule has 3 nitrogen and oxygen atoms in total. The quantitative estimate of drug-likeness (QED) is 0.912. The Labute approximate surface area is 114 Å². The Morgan fingerprint density at radius 3 is 2.42 bits per heavy atom. The van der Waals surface area contributed by atoms with Gasteiger partial charge in [-0.2, -0.15) is 0 Å². The summed E-state index contributed by atoms with van der Waals surface area (Å²) in [7, 11) is -3.14. The Morgan fingerprint density at radius 1 is 1.00 bits per heavy atom. The summed E-state index contributed by atoms with van der Waals surface area (Å²) in [5.41, 5.74) is 2.09. The molecule has 2 rings (SSSR count). The van der Waals surface area contributed by atoms with Crippen LogP contribution in [0.5, 0.6) is 0 Å². The number of hydrogen-bond donors (Lipinski definition) is 1. The molecule has 0 aliphatic heterocycles. The summed E-state index contributed by atoms with van der Waals surface area (Å²) < 4.78 is 22.9. The summed E-state index contributed by atoms with van der Waals surface area (Å²) >= 11 is 0. The van der Waals surface area contributed by atoms with Crippen LogP contribution in [-0.2, 0) is 16.3 Å². The largest absolute Gasteiger partial charge is 0.385 e. The number of benzene rings is 2. The molecule has 0 aliphatic rings. The van der Waals surface area contributed by atoms with Crippen LogP contribution in [0.15, 0.2) is 59.5 Å². The first-order chi connectivity index (χ1) is 9.05. The molecule has 0 saturated heterocycles. The molecule has 0 spiro atoms. The smallest absolute Gasteiger partial charge is 0.175 e. The van der Waals surface area contributed by atoms with Gasteiger partial charge in [-0.15, -0.1) is 0 Å². The van der Waals surface area contributed by atoms with Gasteiger partial charge >= 0.3 is 0 Å². The second kappa shape index (κ2) is 5.89. The lowest BCUT2D eigenvalue weighted by molar-refractivity contribution is 0.602. The number of sulfone groups is 1. The molecule has 0 saturated carbocycles. The average molecular weight is 275 g/mol. The van der Waals surface area contributed by atoms with Gasteiger partial charge in [0.05, 0.1) is 4.90 Å². The maximum atomic E-state index is 11.5. The van der Waals surface area contributed by atoms with Crippen LogP contribution in [0.1, 0.15) is 5.56 Å². The molecule has 19 heavy (non-hydrogen) atoms. The van der Waals surface area contributed by atoms with Crippen LogP contribution >= 0.6 is 0 Å². The lowest BCUT2D eigenvalue weighted by atomic mass is 10.1. The fraction of sp³-hybridized carbons (Fsp3) is 0.200. The van der Waals surface area contributed by atoms with Crippen LogP contribution in [0.3, 0.4) is 0 Å². The van der Waals surface area contributed by atoms with Crippen LogP contribution in [0.25, 0.3) is 0 Å². The second-order valence-electron chi connectivity index (χ2n) is 4.46. The van der Waals surface area contributed by atoms with Crippen molar-refractivity contribution in [3.8, 4) is 0 Å². The predicted molar refractivity (Wildman–Crippen MR) is 78.2 cm³/mol. The Hall–Kier alpha value is -1.81. The van der Waals surface area contributed by atoms with Crippen LogP contribution in [-0.4, -0.2) is 21.2 Å². The zero-order valence-corrected chi connectivity index (χ0v) is 11.7. The highest BCUT2D eigenvalue weighted by molar-refractivity contribution is 7.90. The Kier molecular flexibility index (Phi) is 4.22. The topological polar surface area (TPSA) is 46.2 Å². The van der Waals surface area contributed by atoms with Gasteiger partial charge < -0.3 is 5.32 Å². The molecule has 0 atom stereocenters. The average Bonchev–Trinajstić information content (AvgIpc) is 2.39. The summed E-state index contributed by atoms with van der Waals surface area (Å²) in [5, 5.41) is 3.24. The van der Waals surface area contributed by atoms with Gasteiger partial charge in [0.2, 0.25) is 0 Å². The highest BCUT2D eigenvalue weighted by atomic mass is 32.2. The Balaban J connectivity index is 1.97. The SMILES string of the molecule is CS(=O)(=O)c1cccc(NCCc2ccccc2)c1. The fourth-order valence-electron chi connectivity index (χ4n) is 1.83. The molecule has 0 amide bonds. The van der Waals surface area contributed by atoms with E-state index in [2.05, 4.69) is 17.4 Å². The van der Waals surface area contributed by atoms with Crippen molar-refractivity contribution in [2.24, 2.45) is 0 Å². The monoisotopic (exact) mass is 275 g/mol. The molecule has 0 fully saturated rings. The van der Waals surface area contributed by atoms with E-state index in [1.807, 2.05) is 24.3 Å². The van der Waals surface area contributed by atoms with Crippen molar-refractivity contribution >= 4 is 15.5 Å². The van der Waals surface area contributed by atoms with Gasteiger partial charge in [0.25, 0.3) is 0 Å². The lowest BCUT2D eigenvalue weighted by Crippen LogP contribution is -2.05. The van der Waals surface area contributed by atoms with Gasteiger partial charge in [0.1, 0.15) is 0 Å². The standard InChI is InChI=1S/C15H17NO2S/c1-19(17,18)15-9-5-8-14(12-15)16-11-10-13-6-3-2-4-7-13/h2-9,12,16H,10-11H2,1H3. The molecule has 0 radical (unpaired) electrons. The van der Waals surface area contributed by atoms with Crippen molar-refractivity contribution in [2.75, 3.05) is 18.1 Å². The Bertz CT molecular complexity index is 636. The molecule has 1 N–H and O–H groups in total. The minimum atomic E-state index is -3.14. The molecule has 2 aromatic rings. The van der Waals surface area contributed by atoms with Crippen molar-refractivity contribution in [3.05, 3.63) is 60.2 Å². The van der Waals surface area contributed by atoms with Gasteiger partial charge in [0, 0.05) is 18.5 Å². The first kappa shape index (κ1) is 13.6. The molecule has 4 heteroatoms. The maximum Gasteiger partial charge on any atom is 0.175 e. The van der Waals surface area contributed by atoms with Crippen LogP contribution in [0, 0.1) is 0 Å². The van der Waals surface area contributed by atoms with E-state index in [0.29, 0.717) is 4.90 Å². The van der Waals surface area contributed by atoms with Crippen molar-refractivity contribution < 1.29 is 8.42 Å². The van der Waals surface area contributed by atoms with Crippen molar-refractivity contribution in [2.45, 2.75) is 11.3 Å². The minimum Gasteiger partial charge on any atom is -0.385 e. The van der Waals surface area contributed by atoms with E-state index in [1.54, 1.807) is 18.2 Å². The number of nitrogens with one attached hydrogen (secondary N) is 1. The highest BCUT2D eigenvalue weighted by Gasteiger charge is 2.06. The lowest BCUT2D eigenvalue weighted by Gasteiger charge is -2.07. The molecular formula is C15H17NO2S. The third-order valence-electron chi connectivity index (χ3n) is 2.85. The van der Waals surface area contributed by atoms with E-state index in [0.717, 1.165) is 18.7 Å². The molecule has 0 aromatic heterocycles. The normalized spacial score (nSPS) is 11.2. The van der Waals surface area contributed by atoms with Gasteiger partial charge in [0.15, 0.2) is 9.84 Å². The zero-order chi connectivity index (χ0) is 13.7. The molecule has 0 unspecified atom stereocenters. The molecule has 100 valence electrons. The number of hydrogen-bond acceptors (Lipinski definition) is 3. The van der Waals surface area contributed by atoms with Crippen molar-refractivity contribution in [1.29, 1.82) is 0 Å². The van der Waals surface area contributed by atoms with Gasteiger partial charge in [-0.05, 0) is 30.2 Å². The van der Waals surface area contributed by atoms with E-state index in [9.17, 15) is 8.42 Å². The number of anilines is 1. The van der Waals surface area contributed by atoms with Gasteiger partial charge in [-0.3, -0.25) is 0 Å². The summed E-state index contributed by atoms with van der Waals surface area (Å²) in [6.45, 7) is 0.775. The van der Waals surface area contributed by atoms with E-state index in [1.165, 1.54) is 11.8 Å². The molecule has 0 heterocycles. The number of rotatable bonds is 5.